The molecule has 0 bridgehead atoms. The SMILES string of the molecule is c1ccc2c(c1)ncn2C1CN(c2nccs2)C1. The van der Waals surface area contributed by atoms with Gasteiger partial charge in [-0.1, -0.05) is 12.1 Å². The summed E-state index contributed by atoms with van der Waals surface area (Å²) in [6.07, 6.45) is 3.81. The van der Waals surface area contributed by atoms with Gasteiger partial charge in [-0.05, 0) is 12.1 Å². The van der Waals surface area contributed by atoms with E-state index in [1.54, 1.807) is 11.3 Å². The molecule has 3 heterocycles. The van der Waals surface area contributed by atoms with E-state index in [9.17, 15) is 0 Å². The predicted molar refractivity (Wildman–Crippen MR) is 73.1 cm³/mol. The van der Waals surface area contributed by atoms with Crippen molar-refractivity contribution in [2.45, 2.75) is 6.04 Å². The Morgan fingerprint density at radius 2 is 2.06 bits per heavy atom. The molecule has 1 aliphatic rings. The quantitative estimate of drug-likeness (QED) is 0.706. The number of aromatic nitrogens is 3. The van der Waals surface area contributed by atoms with Gasteiger partial charge in [-0.2, -0.15) is 0 Å². The lowest BCUT2D eigenvalue weighted by molar-refractivity contribution is 0.408. The second-order valence-corrected chi connectivity index (χ2v) is 5.39. The Morgan fingerprint density at radius 3 is 2.89 bits per heavy atom. The highest BCUT2D eigenvalue weighted by Gasteiger charge is 2.30. The molecule has 2 aromatic heterocycles. The van der Waals surface area contributed by atoms with Crippen LogP contribution in [0, 0.1) is 0 Å². The van der Waals surface area contributed by atoms with Crippen LogP contribution in [0.4, 0.5) is 5.13 Å². The van der Waals surface area contributed by atoms with Crippen molar-refractivity contribution in [1.82, 2.24) is 14.5 Å². The molecule has 4 rings (SSSR count). The molecule has 90 valence electrons. The van der Waals surface area contributed by atoms with Crippen molar-refractivity contribution in [1.29, 1.82) is 0 Å². The van der Waals surface area contributed by atoms with Crippen LogP contribution >= 0.6 is 11.3 Å². The van der Waals surface area contributed by atoms with Gasteiger partial charge in [0.1, 0.15) is 0 Å². The Hall–Kier alpha value is -1.88. The summed E-state index contributed by atoms with van der Waals surface area (Å²) in [4.78, 5) is 11.1. The Balaban J connectivity index is 1.60. The van der Waals surface area contributed by atoms with Crippen LogP contribution in [0.1, 0.15) is 6.04 Å². The van der Waals surface area contributed by atoms with Crippen LogP contribution in [0.2, 0.25) is 0 Å². The van der Waals surface area contributed by atoms with E-state index in [2.05, 4.69) is 37.6 Å². The van der Waals surface area contributed by atoms with Gasteiger partial charge in [-0.3, -0.25) is 0 Å². The summed E-state index contributed by atoms with van der Waals surface area (Å²) in [5.74, 6) is 0. The number of nitrogens with zero attached hydrogens (tertiary/aromatic N) is 4. The Labute approximate surface area is 109 Å². The number of thiazole rings is 1. The van der Waals surface area contributed by atoms with Crippen molar-refractivity contribution in [3.8, 4) is 0 Å². The third-order valence-corrected chi connectivity index (χ3v) is 4.26. The molecule has 0 amide bonds. The average molecular weight is 256 g/mol. The number of benzene rings is 1. The van der Waals surface area contributed by atoms with Crippen molar-refractivity contribution < 1.29 is 0 Å². The van der Waals surface area contributed by atoms with E-state index in [0.29, 0.717) is 6.04 Å². The molecule has 1 saturated heterocycles. The number of imidazole rings is 1. The molecule has 0 radical (unpaired) electrons. The lowest BCUT2D eigenvalue weighted by Gasteiger charge is -2.39. The van der Waals surface area contributed by atoms with Crippen LogP contribution < -0.4 is 4.90 Å². The van der Waals surface area contributed by atoms with Gasteiger partial charge in [-0.25, -0.2) is 9.97 Å². The fraction of sp³-hybridized carbons (Fsp3) is 0.231. The van der Waals surface area contributed by atoms with Crippen LogP contribution in [-0.4, -0.2) is 27.6 Å². The van der Waals surface area contributed by atoms with E-state index < -0.39 is 0 Å². The molecule has 18 heavy (non-hydrogen) atoms. The molecule has 1 aromatic carbocycles. The molecule has 1 fully saturated rings. The highest BCUT2D eigenvalue weighted by Crippen LogP contribution is 2.30. The van der Waals surface area contributed by atoms with E-state index in [1.807, 2.05) is 24.0 Å². The standard InChI is InChI=1S/C13H12N4S/c1-2-4-12-11(3-1)15-9-17(12)10-7-16(8-10)13-14-5-6-18-13/h1-6,9-10H,7-8H2. The molecule has 1 aliphatic heterocycles. The molecule has 0 spiro atoms. The molecular formula is C13H12N4S. The summed E-state index contributed by atoms with van der Waals surface area (Å²) in [6, 6.07) is 8.80. The minimum Gasteiger partial charge on any atom is -0.344 e. The van der Waals surface area contributed by atoms with Gasteiger partial charge in [0.15, 0.2) is 5.13 Å². The lowest BCUT2D eigenvalue weighted by atomic mass is 10.1. The second kappa shape index (κ2) is 3.81. The van der Waals surface area contributed by atoms with E-state index >= 15 is 0 Å². The first-order valence-electron chi connectivity index (χ1n) is 5.98. The largest absolute Gasteiger partial charge is 0.344 e. The Bertz CT molecular complexity index is 667. The van der Waals surface area contributed by atoms with Gasteiger partial charge in [0, 0.05) is 24.7 Å². The summed E-state index contributed by atoms with van der Waals surface area (Å²) in [7, 11) is 0. The maximum absolute atomic E-state index is 4.44. The van der Waals surface area contributed by atoms with E-state index in [4.69, 9.17) is 0 Å². The van der Waals surface area contributed by atoms with E-state index in [0.717, 1.165) is 23.7 Å². The zero-order chi connectivity index (χ0) is 11.9. The zero-order valence-electron chi connectivity index (χ0n) is 9.73. The number of hydrogen-bond donors (Lipinski definition) is 0. The summed E-state index contributed by atoms with van der Waals surface area (Å²) < 4.78 is 2.28. The minimum absolute atomic E-state index is 0.515. The maximum atomic E-state index is 4.44. The highest BCUT2D eigenvalue weighted by atomic mass is 32.1. The summed E-state index contributed by atoms with van der Waals surface area (Å²) in [5.41, 5.74) is 2.30. The normalized spacial score (nSPS) is 16.1. The third kappa shape index (κ3) is 1.44. The molecule has 0 unspecified atom stereocenters. The number of anilines is 1. The minimum atomic E-state index is 0.515. The van der Waals surface area contributed by atoms with Crippen LogP contribution in [0.25, 0.3) is 11.0 Å². The van der Waals surface area contributed by atoms with Crippen LogP contribution in [0.3, 0.4) is 0 Å². The topological polar surface area (TPSA) is 34.0 Å². The predicted octanol–water partition coefficient (Wildman–Crippen LogP) is 2.55. The summed E-state index contributed by atoms with van der Waals surface area (Å²) in [6.45, 7) is 2.04. The van der Waals surface area contributed by atoms with Gasteiger partial charge in [0.05, 0.1) is 23.4 Å². The van der Waals surface area contributed by atoms with Crippen LogP contribution in [0.15, 0.2) is 42.2 Å². The van der Waals surface area contributed by atoms with Crippen molar-refractivity contribution in [2.24, 2.45) is 0 Å². The first-order valence-corrected chi connectivity index (χ1v) is 6.86. The fourth-order valence-corrected chi connectivity index (χ4v) is 3.09. The van der Waals surface area contributed by atoms with Crippen molar-refractivity contribution >= 4 is 27.5 Å². The Kier molecular flexibility index (Phi) is 2.14. The number of rotatable bonds is 2. The lowest BCUT2D eigenvalue weighted by Crippen LogP contribution is -2.47. The maximum Gasteiger partial charge on any atom is 0.185 e. The highest BCUT2D eigenvalue weighted by molar-refractivity contribution is 7.13. The van der Waals surface area contributed by atoms with E-state index in [-0.39, 0.29) is 0 Å². The van der Waals surface area contributed by atoms with Gasteiger partial charge >= 0.3 is 0 Å². The first kappa shape index (κ1) is 10.1. The average Bonchev–Trinajstić information content (AvgIpc) is 2.97. The first-order chi connectivity index (χ1) is 8.92. The second-order valence-electron chi connectivity index (χ2n) is 4.51. The molecule has 0 N–H and O–H groups in total. The monoisotopic (exact) mass is 256 g/mol. The molecule has 0 saturated carbocycles. The van der Waals surface area contributed by atoms with Gasteiger partial charge in [0.25, 0.3) is 0 Å². The fourth-order valence-electron chi connectivity index (χ4n) is 2.43. The smallest absolute Gasteiger partial charge is 0.185 e. The molecule has 0 aliphatic carbocycles. The number of para-hydroxylation sites is 2. The van der Waals surface area contributed by atoms with E-state index in [1.165, 1.54) is 5.52 Å². The van der Waals surface area contributed by atoms with Gasteiger partial charge in [-0.15, -0.1) is 11.3 Å². The van der Waals surface area contributed by atoms with Crippen molar-refractivity contribution in [3.63, 3.8) is 0 Å². The van der Waals surface area contributed by atoms with Crippen LogP contribution in [-0.2, 0) is 0 Å². The van der Waals surface area contributed by atoms with Gasteiger partial charge in [0.2, 0.25) is 0 Å². The summed E-state index contributed by atoms with van der Waals surface area (Å²) in [5, 5.41) is 3.14. The van der Waals surface area contributed by atoms with Crippen molar-refractivity contribution in [3.05, 3.63) is 42.2 Å². The molecular weight excluding hydrogens is 244 g/mol. The Morgan fingerprint density at radius 1 is 1.17 bits per heavy atom. The summed E-state index contributed by atoms with van der Waals surface area (Å²) >= 11 is 1.70. The third-order valence-electron chi connectivity index (χ3n) is 3.43. The van der Waals surface area contributed by atoms with Crippen LogP contribution in [0.5, 0.6) is 0 Å². The zero-order valence-corrected chi connectivity index (χ0v) is 10.5. The molecule has 4 nitrogen and oxygen atoms in total. The molecule has 0 atom stereocenters. The number of fused-ring (bicyclic) bond motifs is 1. The molecule has 3 aromatic rings. The number of hydrogen-bond acceptors (Lipinski definition) is 4. The van der Waals surface area contributed by atoms with Crippen molar-refractivity contribution in [2.75, 3.05) is 18.0 Å². The van der Waals surface area contributed by atoms with Gasteiger partial charge < -0.3 is 9.47 Å². The molecule has 5 heteroatoms.